The minimum atomic E-state index is -5.97. The number of carbonyl (C=O) groups excluding carboxylic acids is 2. The van der Waals surface area contributed by atoms with E-state index in [4.69, 9.17) is 0 Å². The molecule has 0 saturated heterocycles. The first-order valence-electron chi connectivity index (χ1n) is 9.81. The number of hydrogen-bond donors (Lipinski definition) is 1. The Kier molecular flexibility index (Phi) is 6.43. The molecule has 0 aliphatic carbocycles. The zero-order valence-corrected chi connectivity index (χ0v) is 17.3. The molecule has 0 spiro atoms. The maximum Gasteiger partial charge on any atom is 0.430 e. The van der Waals surface area contributed by atoms with Gasteiger partial charge in [-0.05, 0) is 48.2 Å². The van der Waals surface area contributed by atoms with Gasteiger partial charge in [-0.3, -0.25) is 9.59 Å². The van der Waals surface area contributed by atoms with Crippen molar-refractivity contribution in [3.05, 3.63) is 70.8 Å². The Balaban J connectivity index is 1.89. The van der Waals surface area contributed by atoms with Crippen LogP contribution in [0.3, 0.4) is 0 Å². The van der Waals surface area contributed by atoms with Crippen LogP contribution in [0.25, 0.3) is 6.08 Å². The molecule has 1 aliphatic rings. The summed E-state index contributed by atoms with van der Waals surface area (Å²) in [5.41, 5.74) is -3.94. The van der Waals surface area contributed by atoms with Crippen LogP contribution in [-0.2, 0) is 28.2 Å². The smallest absolute Gasteiger partial charge is 0.369 e. The molecule has 1 aliphatic heterocycles. The van der Waals surface area contributed by atoms with E-state index < -0.39 is 23.5 Å². The van der Waals surface area contributed by atoms with Crippen LogP contribution in [0.1, 0.15) is 35.6 Å². The molecule has 0 saturated carbocycles. The van der Waals surface area contributed by atoms with E-state index >= 15 is 0 Å². The molecule has 10 heteroatoms. The van der Waals surface area contributed by atoms with Gasteiger partial charge in [-0.2, -0.15) is 26.3 Å². The van der Waals surface area contributed by atoms with Crippen molar-refractivity contribution in [1.29, 1.82) is 0 Å². The summed E-state index contributed by atoms with van der Waals surface area (Å²) in [4.78, 5) is 25.0. The number of rotatable bonds is 5. The molecule has 0 bridgehead atoms. The molecule has 1 heterocycles. The zero-order valence-electron chi connectivity index (χ0n) is 17.3. The fourth-order valence-electron chi connectivity index (χ4n) is 3.59. The van der Waals surface area contributed by atoms with Crippen LogP contribution < -0.4 is 4.90 Å². The molecule has 0 unspecified atom stereocenters. The molecule has 0 atom stereocenters. The third-order valence-corrected chi connectivity index (χ3v) is 5.35. The lowest BCUT2D eigenvalue weighted by Gasteiger charge is -2.33. The number of benzene rings is 2. The van der Waals surface area contributed by atoms with Crippen LogP contribution in [-0.4, -0.2) is 29.1 Å². The highest BCUT2D eigenvalue weighted by atomic mass is 19.4. The number of fused-ring (bicyclic) bond motifs is 1. The van der Waals surface area contributed by atoms with E-state index in [2.05, 4.69) is 0 Å². The molecule has 0 radical (unpaired) electrons. The van der Waals surface area contributed by atoms with Crippen molar-refractivity contribution in [2.75, 3.05) is 4.90 Å². The Morgan fingerprint density at radius 2 is 1.61 bits per heavy atom. The molecule has 1 amide bonds. The zero-order chi connectivity index (χ0) is 24.6. The number of aryl methyl sites for hydroxylation is 1. The van der Waals surface area contributed by atoms with Crippen LogP contribution in [0.4, 0.5) is 32.0 Å². The summed E-state index contributed by atoms with van der Waals surface area (Å²) in [6, 6.07) is 8.33. The second-order valence-corrected chi connectivity index (χ2v) is 7.71. The van der Waals surface area contributed by atoms with Crippen molar-refractivity contribution in [3.63, 3.8) is 0 Å². The molecule has 1 N–H and O–H groups in total. The van der Waals surface area contributed by atoms with Gasteiger partial charge in [-0.25, -0.2) is 0 Å². The van der Waals surface area contributed by atoms with Crippen LogP contribution in [0.15, 0.2) is 48.5 Å². The highest BCUT2D eigenvalue weighted by Gasteiger charge is 2.71. The summed E-state index contributed by atoms with van der Waals surface area (Å²) in [5.74, 6) is -0.378. The van der Waals surface area contributed by atoms with Crippen molar-refractivity contribution in [2.45, 2.75) is 44.3 Å². The van der Waals surface area contributed by atoms with E-state index in [9.17, 15) is 41.0 Å². The summed E-state index contributed by atoms with van der Waals surface area (Å²) in [7, 11) is 0. The maximum absolute atomic E-state index is 13.1. The first kappa shape index (κ1) is 24.5. The number of halogens is 6. The standard InChI is InChI=1S/C23H19F6NO3/c1-14(31)2-3-15-6-10-19-17(12-15)7-11-20(32)30(19)13-16-4-8-18(9-5-16)21(33,22(24,25)26)23(27,28)29/h2-6,8-10,12,33H,7,11,13H2,1H3. The van der Waals surface area contributed by atoms with Gasteiger partial charge in [-0.15, -0.1) is 0 Å². The van der Waals surface area contributed by atoms with Gasteiger partial charge in [0.15, 0.2) is 5.78 Å². The molecule has 2 aromatic carbocycles. The fourth-order valence-corrected chi connectivity index (χ4v) is 3.59. The molecule has 33 heavy (non-hydrogen) atoms. The summed E-state index contributed by atoms with van der Waals surface area (Å²) in [5, 5.41) is 9.50. The van der Waals surface area contributed by atoms with E-state index in [0.29, 0.717) is 24.2 Å². The van der Waals surface area contributed by atoms with Gasteiger partial charge in [-0.1, -0.05) is 36.4 Å². The second-order valence-electron chi connectivity index (χ2n) is 7.71. The maximum atomic E-state index is 13.1. The van der Waals surface area contributed by atoms with Gasteiger partial charge in [0, 0.05) is 17.7 Å². The number of hydrogen-bond acceptors (Lipinski definition) is 3. The van der Waals surface area contributed by atoms with Crippen LogP contribution in [0, 0.1) is 0 Å². The topological polar surface area (TPSA) is 57.6 Å². The average Bonchev–Trinajstić information content (AvgIpc) is 2.72. The number of alkyl halides is 6. The Labute approximate surface area is 185 Å². The Hall–Kier alpha value is -3.14. The molecule has 2 aromatic rings. The highest BCUT2D eigenvalue weighted by Crippen LogP contribution is 2.50. The number of carbonyl (C=O) groups is 2. The largest absolute Gasteiger partial charge is 0.430 e. The van der Waals surface area contributed by atoms with Crippen molar-refractivity contribution in [2.24, 2.45) is 0 Å². The molecular formula is C23H19F6NO3. The molecule has 3 rings (SSSR count). The molecule has 0 fully saturated rings. The molecule has 0 aromatic heterocycles. The first-order chi connectivity index (χ1) is 15.2. The number of amides is 1. The minimum absolute atomic E-state index is 0.0782. The van der Waals surface area contributed by atoms with E-state index in [1.165, 1.54) is 17.9 Å². The monoisotopic (exact) mass is 471 g/mol. The van der Waals surface area contributed by atoms with E-state index in [1.807, 2.05) is 6.07 Å². The van der Waals surface area contributed by atoms with Gasteiger partial charge in [0.1, 0.15) is 0 Å². The number of nitrogens with zero attached hydrogens (tertiary/aromatic N) is 1. The molecule has 176 valence electrons. The van der Waals surface area contributed by atoms with Crippen LogP contribution >= 0.6 is 0 Å². The Morgan fingerprint density at radius 1 is 1.00 bits per heavy atom. The first-order valence-corrected chi connectivity index (χ1v) is 9.81. The quantitative estimate of drug-likeness (QED) is 0.489. The highest BCUT2D eigenvalue weighted by molar-refractivity contribution is 5.97. The van der Waals surface area contributed by atoms with Gasteiger partial charge >= 0.3 is 12.4 Å². The predicted octanol–water partition coefficient (Wildman–Crippen LogP) is 5.08. The van der Waals surface area contributed by atoms with Gasteiger partial charge in [0.25, 0.3) is 5.60 Å². The van der Waals surface area contributed by atoms with Gasteiger partial charge in [0.05, 0.1) is 6.54 Å². The number of aliphatic hydroxyl groups is 1. The van der Waals surface area contributed by atoms with Crippen molar-refractivity contribution in [1.82, 2.24) is 0 Å². The van der Waals surface area contributed by atoms with Crippen LogP contribution in [0.2, 0.25) is 0 Å². The predicted molar refractivity (Wildman–Crippen MR) is 108 cm³/mol. The fraction of sp³-hybridized carbons (Fsp3) is 0.304. The summed E-state index contributed by atoms with van der Waals surface area (Å²) in [6.07, 6.45) is -8.28. The lowest BCUT2D eigenvalue weighted by Crippen LogP contribution is -2.53. The Bertz CT molecular complexity index is 1070. The van der Waals surface area contributed by atoms with Crippen molar-refractivity contribution >= 4 is 23.5 Å². The Morgan fingerprint density at radius 3 is 2.15 bits per heavy atom. The normalized spacial score (nSPS) is 15.2. The third-order valence-electron chi connectivity index (χ3n) is 5.35. The average molecular weight is 471 g/mol. The van der Waals surface area contributed by atoms with E-state index in [0.717, 1.165) is 23.3 Å². The molecule has 4 nitrogen and oxygen atoms in total. The summed E-state index contributed by atoms with van der Waals surface area (Å²) < 4.78 is 78.4. The van der Waals surface area contributed by atoms with Gasteiger partial charge < -0.3 is 10.0 Å². The minimum Gasteiger partial charge on any atom is -0.369 e. The number of allylic oxidation sites excluding steroid dienone is 1. The third kappa shape index (κ3) is 4.80. The SMILES string of the molecule is CC(=O)C=Cc1ccc2c(c1)CCC(=O)N2Cc1ccc(C(O)(C(F)(F)F)C(F)(F)F)cc1. The lowest BCUT2D eigenvalue weighted by molar-refractivity contribution is -0.376. The second kappa shape index (κ2) is 8.66. The van der Waals surface area contributed by atoms with Gasteiger partial charge in [0.2, 0.25) is 5.91 Å². The van der Waals surface area contributed by atoms with Crippen molar-refractivity contribution in [3.8, 4) is 0 Å². The summed E-state index contributed by atoms with van der Waals surface area (Å²) >= 11 is 0. The van der Waals surface area contributed by atoms with Crippen molar-refractivity contribution < 1.29 is 41.0 Å². The number of ketones is 1. The van der Waals surface area contributed by atoms with E-state index in [1.54, 1.807) is 18.2 Å². The number of anilines is 1. The van der Waals surface area contributed by atoms with E-state index in [-0.39, 0.29) is 30.2 Å². The summed E-state index contributed by atoms with van der Waals surface area (Å²) in [6.45, 7) is 1.33. The molecular weight excluding hydrogens is 452 g/mol. The van der Waals surface area contributed by atoms with Crippen LogP contribution in [0.5, 0.6) is 0 Å². The lowest BCUT2D eigenvalue weighted by atomic mass is 9.91.